The van der Waals surface area contributed by atoms with Gasteiger partial charge in [0.05, 0.1) is 17.4 Å². The van der Waals surface area contributed by atoms with Crippen molar-refractivity contribution in [1.29, 1.82) is 0 Å². The molecule has 3 aromatic rings. The minimum absolute atomic E-state index is 0.0103. The average molecular weight is 501 g/mol. The predicted octanol–water partition coefficient (Wildman–Crippen LogP) is 5.64. The van der Waals surface area contributed by atoms with Crippen molar-refractivity contribution in [3.05, 3.63) is 69.3 Å². The zero-order valence-electron chi connectivity index (χ0n) is 16.8. The highest BCUT2D eigenvalue weighted by molar-refractivity contribution is 5.79. The Morgan fingerprint density at radius 2 is 1.47 bits per heavy atom. The second kappa shape index (κ2) is 7.87. The maximum Gasteiger partial charge on any atom is 0.449 e. The van der Waals surface area contributed by atoms with Gasteiger partial charge < -0.3 is 5.73 Å². The third-order valence-electron chi connectivity index (χ3n) is 5.06. The molecule has 0 saturated heterocycles. The molecule has 0 unspecified atom stereocenters. The van der Waals surface area contributed by atoms with Crippen molar-refractivity contribution < 1.29 is 43.9 Å². The van der Waals surface area contributed by atoms with Gasteiger partial charge in [0.25, 0.3) is 5.56 Å². The molecule has 1 aromatic heterocycles. The van der Waals surface area contributed by atoms with Crippen LogP contribution < -0.4 is 11.3 Å². The van der Waals surface area contributed by atoms with Crippen molar-refractivity contribution in [2.75, 3.05) is 5.73 Å². The molecule has 2 aromatic carbocycles. The summed E-state index contributed by atoms with van der Waals surface area (Å²) in [6.07, 6.45) is -18.2. The van der Waals surface area contributed by atoms with Crippen LogP contribution in [0, 0.1) is 6.92 Å². The monoisotopic (exact) mass is 501 g/mol. The number of nitrogens with zero attached hydrogens (tertiary/aromatic N) is 2. The SMILES string of the molecule is Cc1cc(Cn2c(C(F)(F)F)nc3ccc(C(F)(C(F)(F)F)C(F)(F)F)cc3c2=O)ccc1N. The zero-order valence-corrected chi connectivity index (χ0v) is 16.8. The smallest absolute Gasteiger partial charge is 0.399 e. The summed E-state index contributed by atoms with van der Waals surface area (Å²) in [6, 6.07) is 4.14. The van der Waals surface area contributed by atoms with Crippen LogP contribution in [0.2, 0.25) is 0 Å². The summed E-state index contributed by atoms with van der Waals surface area (Å²) in [5.74, 6) is -1.75. The van der Waals surface area contributed by atoms with Gasteiger partial charge >= 0.3 is 24.2 Å². The fourth-order valence-corrected chi connectivity index (χ4v) is 3.31. The number of nitrogens with two attached hydrogens (primary N) is 1. The second-order valence-electron chi connectivity index (χ2n) is 7.40. The molecule has 0 fully saturated rings. The van der Waals surface area contributed by atoms with E-state index in [1.165, 1.54) is 25.1 Å². The third kappa shape index (κ3) is 4.16. The summed E-state index contributed by atoms with van der Waals surface area (Å²) in [6.45, 7) is 0.730. The number of alkyl halides is 10. The highest BCUT2D eigenvalue weighted by Crippen LogP contribution is 2.53. The molecule has 4 nitrogen and oxygen atoms in total. The lowest BCUT2D eigenvalue weighted by molar-refractivity contribution is -0.348. The third-order valence-corrected chi connectivity index (χ3v) is 5.06. The first-order chi connectivity index (χ1) is 15.4. The summed E-state index contributed by atoms with van der Waals surface area (Å²) in [5.41, 5.74) is -3.90. The Morgan fingerprint density at radius 3 is 1.97 bits per heavy atom. The summed E-state index contributed by atoms with van der Waals surface area (Å²) in [5, 5.41) is -1.06. The van der Waals surface area contributed by atoms with Gasteiger partial charge in [0, 0.05) is 11.3 Å². The van der Waals surface area contributed by atoms with Crippen LogP contribution >= 0.6 is 0 Å². The highest BCUT2D eigenvalue weighted by atomic mass is 19.4. The van der Waals surface area contributed by atoms with E-state index in [0.717, 1.165) is 0 Å². The average Bonchev–Trinajstić information content (AvgIpc) is 2.69. The van der Waals surface area contributed by atoms with Crippen LogP contribution in [0.5, 0.6) is 0 Å². The lowest BCUT2D eigenvalue weighted by Gasteiger charge is -2.30. The van der Waals surface area contributed by atoms with E-state index in [4.69, 9.17) is 5.73 Å². The molecule has 14 heteroatoms. The number of nitrogen functional groups attached to an aromatic ring is 1. The van der Waals surface area contributed by atoms with Crippen molar-refractivity contribution in [2.45, 2.75) is 37.7 Å². The van der Waals surface area contributed by atoms with Crippen molar-refractivity contribution in [2.24, 2.45) is 0 Å². The van der Waals surface area contributed by atoms with Crippen molar-refractivity contribution >= 4 is 16.6 Å². The number of aromatic nitrogens is 2. The fraction of sp³-hybridized carbons (Fsp3) is 0.300. The standard InChI is InChI=1S/C20H13F10N3O/c1-9-6-10(2-4-13(9)31)8-33-15(34)12-7-11(17(21,19(25,26)27)20(28,29)30)3-5-14(12)32-16(33)18(22,23)24/h2-7H,8,31H2,1H3. The summed E-state index contributed by atoms with van der Waals surface area (Å²) in [4.78, 5) is 16.1. The Balaban J connectivity index is 2.32. The number of rotatable bonds is 3. The van der Waals surface area contributed by atoms with Gasteiger partial charge in [0.2, 0.25) is 5.82 Å². The molecule has 0 radical (unpaired) electrons. The van der Waals surface area contributed by atoms with E-state index in [2.05, 4.69) is 4.98 Å². The van der Waals surface area contributed by atoms with E-state index in [0.29, 0.717) is 11.6 Å². The summed E-state index contributed by atoms with van der Waals surface area (Å²) < 4.78 is 134. The molecule has 0 amide bonds. The minimum Gasteiger partial charge on any atom is -0.399 e. The Kier molecular flexibility index (Phi) is 5.86. The lowest BCUT2D eigenvalue weighted by atomic mass is 9.93. The van der Waals surface area contributed by atoms with Crippen molar-refractivity contribution in [1.82, 2.24) is 9.55 Å². The Labute approximate surface area is 183 Å². The molecule has 0 spiro atoms. The van der Waals surface area contributed by atoms with Gasteiger partial charge in [-0.2, -0.15) is 39.5 Å². The van der Waals surface area contributed by atoms with Crippen LogP contribution in [0.15, 0.2) is 41.2 Å². The lowest BCUT2D eigenvalue weighted by Crippen LogP contribution is -2.50. The van der Waals surface area contributed by atoms with E-state index in [9.17, 15) is 48.7 Å². The molecular formula is C20H13F10N3O. The van der Waals surface area contributed by atoms with Crippen molar-refractivity contribution in [3.63, 3.8) is 0 Å². The molecule has 0 aliphatic rings. The van der Waals surface area contributed by atoms with Gasteiger partial charge in [-0.05, 0) is 36.2 Å². The minimum atomic E-state index is -6.47. The largest absolute Gasteiger partial charge is 0.449 e. The normalized spacial score (nSPS) is 13.5. The molecule has 0 aliphatic carbocycles. The first-order valence-corrected chi connectivity index (χ1v) is 9.17. The van der Waals surface area contributed by atoms with Gasteiger partial charge in [-0.15, -0.1) is 0 Å². The molecule has 0 bridgehead atoms. The maximum atomic E-state index is 14.4. The molecular weight excluding hydrogens is 488 g/mol. The topological polar surface area (TPSA) is 60.9 Å². The molecule has 0 aliphatic heterocycles. The fourth-order valence-electron chi connectivity index (χ4n) is 3.31. The van der Waals surface area contributed by atoms with Crippen LogP contribution in [0.3, 0.4) is 0 Å². The number of fused-ring (bicyclic) bond motifs is 1. The summed E-state index contributed by atoms with van der Waals surface area (Å²) >= 11 is 0. The van der Waals surface area contributed by atoms with Gasteiger partial charge in [0.15, 0.2) is 0 Å². The molecule has 34 heavy (non-hydrogen) atoms. The number of halogens is 10. The van der Waals surface area contributed by atoms with Crippen LogP contribution in [-0.2, 0) is 18.4 Å². The molecule has 184 valence electrons. The van der Waals surface area contributed by atoms with Crippen molar-refractivity contribution in [3.8, 4) is 0 Å². The summed E-state index contributed by atoms with van der Waals surface area (Å²) in [7, 11) is 0. The van der Waals surface area contributed by atoms with E-state index in [1.54, 1.807) is 0 Å². The van der Waals surface area contributed by atoms with Gasteiger partial charge in [-0.3, -0.25) is 9.36 Å². The van der Waals surface area contributed by atoms with E-state index >= 15 is 0 Å². The number of hydrogen-bond acceptors (Lipinski definition) is 3. The molecule has 1 heterocycles. The van der Waals surface area contributed by atoms with E-state index < -0.39 is 58.6 Å². The Bertz CT molecular complexity index is 1290. The molecule has 0 saturated carbocycles. The van der Waals surface area contributed by atoms with Gasteiger partial charge in [0.1, 0.15) is 0 Å². The highest BCUT2D eigenvalue weighted by Gasteiger charge is 2.73. The van der Waals surface area contributed by atoms with E-state index in [-0.39, 0.29) is 28.0 Å². The Hall–Kier alpha value is -3.32. The Morgan fingerprint density at radius 1 is 0.882 bits per heavy atom. The van der Waals surface area contributed by atoms with Crippen LogP contribution in [0.4, 0.5) is 49.6 Å². The first-order valence-electron chi connectivity index (χ1n) is 9.17. The zero-order chi connectivity index (χ0) is 25.9. The number of benzene rings is 2. The second-order valence-corrected chi connectivity index (χ2v) is 7.40. The predicted molar refractivity (Wildman–Crippen MR) is 101 cm³/mol. The maximum absolute atomic E-state index is 14.4. The molecule has 0 atom stereocenters. The van der Waals surface area contributed by atoms with Crippen LogP contribution in [0.25, 0.3) is 10.9 Å². The first kappa shape index (κ1) is 25.3. The number of aryl methyl sites for hydroxylation is 1. The van der Waals surface area contributed by atoms with Crippen LogP contribution in [0.1, 0.15) is 22.5 Å². The van der Waals surface area contributed by atoms with Gasteiger partial charge in [-0.25, -0.2) is 9.37 Å². The van der Waals surface area contributed by atoms with Gasteiger partial charge in [-0.1, -0.05) is 18.2 Å². The van der Waals surface area contributed by atoms with Crippen LogP contribution in [-0.4, -0.2) is 21.9 Å². The molecule has 2 N–H and O–H groups in total. The number of anilines is 1. The van der Waals surface area contributed by atoms with E-state index in [1.807, 2.05) is 0 Å². The number of hydrogen-bond donors (Lipinski definition) is 1. The molecule has 3 rings (SSSR count). The quantitative estimate of drug-likeness (QED) is 0.373.